The van der Waals surface area contributed by atoms with Crippen LogP contribution in [0, 0.1) is 5.82 Å². The smallest absolute Gasteiger partial charge is 0.243 e. The predicted octanol–water partition coefficient (Wildman–Crippen LogP) is 2.45. The summed E-state index contributed by atoms with van der Waals surface area (Å²) in [5.74, 6) is -0.262. The van der Waals surface area contributed by atoms with Gasteiger partial charge in [-0.05, 0) is 47.2 Å². The first-order valence-electron chi connectivity index (χ1n) is 7.15. The van der Waals surface area contributed by atoms with Crippen molar-refractivity contribution >= 4 is 17.5 Å². The van der Waals surface area contributed by atoms with Gasteiger partial charge in [-0.3, -0.25) is 4.79 Å². The Morgan fingerprint density at radius 3 is 2.75 bits per heavy atom. The van der Waals surface area contributed by atoms with Gasteiger partial charge in [0.15, 0.2) is 0 Å². The van der Waals surface area contributed by atoms with Crippen LogP contribution >= 0.6 is 11.6 Å². The predicted molar refractivity (Wildman–Crippen MR) is 86.5 cm³/mol. The van der Waals surface area contributed by atoms with Crippen LogP contribution in [0.3, 0.4) is 0 Å². The summed E-state index contributed by atoms with van der Waals surface area (Å²) in [6.07, 6.45) is 0. The number of hydrogen-bond acceptors (Lipinski definition) is 4. The highest BCUT2D eigenvalue weighted by atomic mass is 35.5. The Morgan fingerprint density at radius 2 is 2.00 bits per heavy atom. The van der Waals surface area contributed by atoms with E-state index in [1.165, 1.54) is 16.9 Å². The molecule has 6 nitrogen and oxygen atoms in total. The summed E-state index contributed by atoms with van der Waals surface area (Å²) >= 11 is 5.89. The zero-order valence-corrected chi connectivity index (χ0v) is 13.2. The molecule has 8 heteroatoms. The monoisotopic (exact) mass is 345 g/mol. The Morgan fingerprint density at radius 1 is 1.21 bits per heavy atom. The van der Waals surface area contributed by atoms with E-state index in [9.17, 15) is 9.18 Å². The fourth-order valence-corrected chi connectivity index (χ4v) is 2.27. The van der Waals surface area contributed by atoms with E-state index < -0.39 is 0 Å². The standard InChI is InChI=1S/C16H13ClFN5O/c17-13-3-1-2-11(8-13)9-19-15(24)10-23-21-16(20-22-23)12-4-6-14(18)7-5-12/h1-8H,9-10H2,(H,19,24). The quantitative estimate of drug-likeness (QED) is 0.771. The third-order valence-electron chi connectivity index (χ3n) is 3.22. The van der Waals surface area contributed by atoms with Gasteiger partial charge in [-0.1, -0.05) is 23.7 Å². The minimum absolute atomic E-state index is 0.0608. The maximum Gasteiger partial charge on any atom is 0.243 e. The molecule has 0 aliphatic carbocycles. The van der Waals surface area contributed by atoms with Crippen LogP contribution in [0.15, 0.2) is 48.5 Å². The molecule has 0 bridgehead atoms. The Labute approximate surface area is 142 Å². The van der Waals surface area contributed by atoms with Crippen molar-refractivity contribution in [2.24, 2.45) is 0 Å². The molecule has 1 N–H and O–H groups in total. The first-order chi connectivity index (χ1) is 11.6. The molecule has 1 aromatic heterocycles. The molecule has 0 radical (unpaired) electrons. The number of aromatic nitrogens is 4. The topological polar surface area (TPSA) is 72.7 Å². The molecule has 0 aliphatic rings. The van der Waals surface area contributed by atoms with Gasteiger partial charge in [-0.25, -0.2) is 4.39 Å². The van der Waals surface area contributed by atoms with Crippen LogP contribution in [0.2, 0.25) is 5.02 Å². The van der Waals surface area contributed by atoms with Gasteiger partial charge in [0.25, 0.3) is 0 Å². The second kappa shape index (κ2) is 7.18. The molecule has 122 valence electrons. The average molecular weight is 346 g/mol. The molecule has 0 saturated carbocycles. The number of carbonyl (C=O) groups excluding carboxylic acids is 1. The van der Waals surface area contributed by atoms with Gasteiger partial charge in [-0.15, -0.1) is 10.2 Å². The lowest BCUT2D eigenvalue weighted by molar-refractivity contribution is -0.122. The van der Waals surface area contributed by atoms with Gasteiger partial charge in [-0.2, -0.15) is 4.80 Å². The highest BCUT2D eigenvalue weighted by Crippen LogP contribution is 2.13. The van der Waals surface area contributed by atoms with Crippen molar-refractivity contribution in [1.82, 2.24) is 25.5 Å². The number of amides is 1. The lowest BCUT2D eigenvalue weighted by Crippen LogP contribution is -2.28. The molecule has 0 spiro atoms. The van der Waals surface area contributed by atoms with E-state index in [0.717, 1.165) is 5.56 Å². The van der Waals surface area contributed by atoms with Crippen molar-refractivity contribution in [3.05, 3.63) is 64.9 Å². The number of hydrogen-bond donors (Lipinski definition) is 1. The zero-order valence-electron chi connectivity index (χ0n) is 12.5. The Kier molecular flexibility index (Phi) is 4.81. The molecule has 0 atom stereocenters. The third kappa shape index (κ3) is 4.14. The van der Waals surface area contributed by atoms with E-state index in [1.54, 1.807) is 24.3 Å². The lowest BCUT2D eigenvalue weighted by atomic mass is 10.2. The van der Waals surface area contributed by atoms with Crippen molar-refractivity contribution < 1.29 is 9.18 Å². The summed E-state index contributed by atoms with van der Waals surface area (Å²) < 4.78 is 12.9. The number of tetrazole rings is 1. The Hall–Kier alpha value is -2.80. The van der Waals surface area contributed by atoms with Gasteiger partial charge in [0.05, 0.1) is 0 Å². The van der Waals surface area contributed by atoms with Crippen molar-refractivity contribution in [2.45, 2.75) is 13.1 Å². The first kappa shape index (κ1) is 16.1. The fourth-order valence-electron chi connectivity index (χ4n) is 2.06. The number of nitrogens with zero attached hydrogens (tertiary/aromatic N) is 4. The van der Waals surface area contributed by atoms with Crippen LogP contribution in [0.5, 0.6) is 0 Å². The second-order valence-electron chi connectivity index (χ2n) is 5.06. The van der Waals surface area contributed by atoms with Gasteiger partial charge >= 0.3 is 0 Å². The molecule has 0 aliphatic heterocycles. The number of carbonyl (C=O) groups is 1. The maximum atomic E-state index is 12.9. The van der Waals surface area contributed by atoms with Crippen molar-refractivity contribution in [3.8, 4) is 11.4 Å². The van der Waals surface area contributed by atoms with Gasteiger partial charge < -0.3 is 5.32 Å². The molecular weight excluding hydrogens is 333 g/mol. The molecule has 0 unspecified atom stereocenters. The third-order valence-corrected chi connectivity index (χ3v) is 3.45. The van der Waals surface area contributed by atoms with Gasteiger partial charge in [0.1, 0.15) is 12.4 Å². The molecule has 3 rings (SSSR count). The molecular formula is C16H13ClFN5O. The van der Waals surface area contributed by atoms with E-state index in [4.69, 9.17) is 11.6 Å². The summed E-state index contributed by atoms with van der Waals surface area (Å²) in [7, 11) is 0. The largest absolute Gasteiger partial charge is 0.350 e. The lowest BCUT2D eigenvalue weighted by Gasteiger charge is -2.04. The highest BCUT2D eigenvalue weighted by Gasteiger charge is 2.09. The number of rotatable bonds is 5. The number of halogens is 2. The van der Waals surface area contributed by atoms with Crippen molar-refractivity contribution in [2.75, 3.05) is 0 Å². The highest BCUT2D eigenvalue weighted by molar-refractivity contribution is 6.30. The summed E-state index contributed by atoms with van der Waals surface area (Å²) in [5, 5.41) is 15.2. The van der Waals surface area contributed by atoms with E-state index in [1.807, 2.05) is 12.1 Å². The molecule has 1 heterocycles. The van der Waals surface area contributed by atoms with Gasteiger partial charge in [0, 0.05) is 17.1 Å². The molecule has 0 fully saturated rings. The van der Waals surface area contributed by atoms with Crippen molar-refractivity contribution in [3.63, 3.8) is 0 Å². The van der Waals surface area contributed by atoms with Gasteiger partial charge in [0.2, 0.25) is 11.7 Å². The minimum atomic E-state index is -0.341. The Bertz CT molecular complexity index is 850. The SMILES string of the molecule is O=C(Cn1nnc(-c2ccc(F)cc2)n1)NCc1cccc(Cl)c1. The molecule has 1 amide bonds. The number of benzene rings is 2. The van der Waals surface area contributed by atoms with Crippen LogP contribution in [-0.2, 0) is 17.9 Å². The van der Waals surface area contributed by atoms with E-state index in [0.29, 0.717) is 23.0 Å². The molecule has 0 saturated heterocycles. The zero-order chi connectivity index (χ0) is 16.9. The summed E-state index contributed by atoms with van der Waals surface area (Å²) in [5.41, 5.74) is 1.52. The Balaban J connectivity index is 1.58. The fraction of sp³-hybridized carbons (Fsp3) is 0.125. The maximum absolute atomic E-state index is 12.9. The van der Waals surface area contributed by atoms with Crippen LogP contribution in [0.25, 0.3) is 11.4 Å². The number of nitrogens with one attached hydrogen (secondary N) is 1. The average Bonchev–Trinajstić information content (AvgIpc) is 3.02. The summed E-state index contributed by atoms with van der Waals surface area (Å²) in [6, 6.07) is 13.0. The van der Waals surface area contributed by atoms with E-state index in [-0.39, 0.29) is 18.3 Å². The van der Waals surface area contributed by atoms with Crippen LogP contribution in [-0.4, -0.2) is 26.1 Å². The minimum Gasteiger partial charge on any atom is -0.350 e. The van der Waals surface area contributed by atoms with Crippen LogP contribution in [0.4, 0.5) is 4.39 Å². The van der Waals surface area contributed by atoms with E-state index in [2.05, 4.69) is 20.7 Å². The molecule has 24 heavy (non-hydrogen) atoms. The van der Waals surface area contributed by atoms with Crippen molar-refractivity contribution in [1.29, 1.82) is 0 Å². The molecule has 2 aromatic carbocycles. The second-order valence-corrected chi connectivity index (χ2v) is 5.49. The first-order valence-corrected chi connectivity index (χ1v) is 7.53. The van der Waals surface area contributed by atoms with Crippen LogP contribution < -0.4 is 5.32 Å². The van der Waals surface area contributed by atoms with E-state index >= 15 is 0 Å². The summed E-state index contributed by atoms with van der Waals surface area (Å²) in [6.45, 7) is 0.299. The molecule has 3 aromatic rings. The normalized spacial score (nSPS) is 10.6. The summed E-state index contributed by atoms with van der Waals surface area (Å²) in [4.78, 5) is 13.1. The van der Waals surface area contributed by atoms with Crippen LogP contribution in [0.1, 0.15) is 5.56 Å².